The minimum atomic E-state index is -1.16. The van der Waals surface area contributed by atoms with Crippen molar-refractivity contribution in [3.8, 4) is 0 Å². The van der Waals surface area contributed by atoms with Gasteiger partial charge in [0.1, 0.15) is 12.8 Å². The van der Waals surface area contributed by atoms with Crippen molar-refractivity contribution in [3.05, 3.63) is 35.9 Å². The van der Waals surface area contributed by atoms with Gasteiger partial charge in [-0.15, -0.1) is 0 Å². The fraction of sp³-hybridized carbons (Fsp3) is 0.417. The van der Waals surface area contributed by atoms with E-state index in [2.05, 4.69) is 0 Å². The maximum atomic E-state index is 11.5. The van der Waals surface area contributed by atoms with Crippen molar-refractivity contribution in [3.63, 3.8) is 0 Å². The molecule has 88 valence electrons. The summed E-state index contributed by atoms with van der Waals surface area (Å²) in [6, 6.07) is 9.38. The monoisotopic (exact) mass is 223 g/mol. The molecular formula is C12H17NO3. The third-order valence-electron chi connectivity index (χ3n) is 2.38. The Morgan fingerprint density at radius 3 is 2.56 bits per heavy atom. The van der Waals surface area contributed by atoms with E-state index in [1.807, 2.05) is 30.3 Å². The number of hydrogen-bond donors (Lipinski definition) is 2. The summed E-state index contributed by atoms with van der Waals surface area (Å²) < 4.78 is 5.06. The molecule has 0 amide bonds. The van der Waals surface area contributed by atoms with Crippen LogP contribution in [0.4, 0.5) is 0 Å². The molecule has 0 aromatic heterocycles. The minimum Gasteiger partial charge on any atom is -0.460 e. The molecule has 1 aromatic carbocycles. The molecule has 0 heterocycles. The number of hydrogen-bond acceptors (Lipinski definition) is 4. The largest absolute Gasteiger partial charge is 0.460 e. The first-order valence-corrected chi connectivity index (χ1v) is 5.29. The summed E-state index contributed by atoms with van der Waals surface area (Å²) in [6.45, 7) is 1.99. The molecule has 4 nitrogen and oxygen atoms in total. The number of carbonyl (C=O) groups is 1. The summed E-state index contributed by atoms with van der Waals surface area (Å²) >= 11 is 0. The first-order chi connectivity index (χ1) is 7.65. The lowest BCUT2D eigenvalue weighted by molar-refractivity contribution is -0.154. The van der Waals surface area contributed by atoms with Gasteiger partial charge >= 0.3 is 5.97 Å². The standard InChI is InChI=1S/C12H17NO3/c1-2-10(11(13)14)12(15)16-8-9-6-4-3-5-7-9/h3-7,10-11,14H,2,8,13H2,1H3/t10?,11-/m0/s1. The summed E-state index contributed by atoms with van der Waals surface area (Å²) in [5.74, 6) is -1.11. The van der Waals surface area contributed by atoms with E-state index in [9.17, 15) is 4.79 Å². The Hall–Kier alpha value is -1.39. The predicted molar refractivity (Wildman–Crippen MR) is 60.2 cm³/mol. The highest BCUT2D eigenvalue weighted by Crippen LogP contribution is 2.10. The van der Waals surface area contributed by atoms with Crippen molar-refractivity contribution < 1.29 is 14.6 Å². The Morgan fingerprint density at radius 2 is 2.06 bits per heavy atom. The van der Waals surface area contributed by atoms with Crippen molar-refractivity contribution in [2.45, 2.75) is 26.2 Å². The van der Waals surface area contributed by atoms with E-state index in [-0.39, 0.29) is 6.61 Å². The van der Waals surface area contributed by atoms with E-state index in [4.69, 9.17) is 15.6 Å². The van der Waals surface area contributed by atoms with E-state index >= 15 is 0 Å². The lowest BCUT2D eigenvalue weighted by Crippen LogP contribution is -2.35. The van der Waals surface area contributed by atoms with Crippen molar-refractivity contribution in [1.29, 1.82) is 0 Å². The summed E-state index contributed by atoms with van der Waals surface area (Å²) in [5, 5.41) is 9.16. The molecule has 4 heteroatoms. The lowest BCUT2D eigenvalue weighted by Gasteiger charge is -2.16. The number of nitrogens with two attached hydrogens (primary N) is 1. The van der Waals surface area contributed by atoms with Gasteiger partial charge in [-0.05, 0) is 12.0 Å². The second-order valence-corrected chi connectivity index (χ2v) is 3.60. The van der Waals surface area contributed by atoms with Crippen LogP contribution in [0.3, 0.4) is 0 Å². The first-order valence-electron chi connectivity index (χ1n) is 5.29. The number of aliphatic hydroxyl groups is 1. The van der Waals surface area contributed by atoms with Crippen molar-refractivity contribution in [2.75, 3.05) is 0 Å². The maximum absolute atomic E-state index is 11.5. The van der Waals surface area contributed by atoms with Crippen LogP contribution in [0.1, 0.15) is 18.9 Å². The van der Waals surface area contributed by atoms with Crippen LogP contribution < -0.4 is 5.73 Å². The number of carbonyl (C=O) groups excluding carboxylic acids is 1. The van der Waals surface area contributed by atoms with Gasteiger partial charge in [0.15, 0.2) is 0 Å². The topological polar surface area (TPSA) is 72.5 Å². The lowest BCUT2D eigenvalue weighted by atomic mass is 10.1. The maximum Gasteiger partial charge on any atom is 0.313 e. The molecule has 16 heavy (non-hydrogen) atoms. The van der Waals surface area contributed by atoms with Crippen molar-refractivity contribution in [2.24, 2.45) is 11.7 Å². The van der Waals surface area contributed by atoms with Crippen LogP contribution in [0.15, 0.2) is 30.3 Å². The first kappa shape index (κ1) is 12.7. The molecule has 0 radical (unpaired) electrons. The number of rotatable bonds is 5. The molecule has 0 fully saturated rings. The van der Waals surface area contributed by atoms with Gasteiger partial charge in [-0.2, -0.15) is 0 Å². The highest BCUT2D eigenvalue weighted by atomic mass is 16.5. The molecule has 0 aliphatic carbocycles. The molecule has 0 aliphatic heterocycles. The van der Waals surface area contributed by atoms with Gasteiger partial charge in [0.05, 0.1) is 5.92 Å². The normalized spacial score (nSPS) is 14.2. The van der Waals surface area contributed by atoms with E-state index in [0.717, 1.165) is 5.56 Å². The molecule has 0 saturated carbocycles. The third-order valence-corrected chi connectivity index (χ3v) is 2.38. The Labute approximate surface area is 95.0 Å². The molecule has 0 saturated heterocycles. The van der Waals surface area contributed by atoms with E-state index in [0.29, 0.717) is 6.42 Å². The van der Waals surface area contributed by atoms with E-state index in [1.165, 1.54) is 0 Å². The summed E-state index contributed by atoms with van der Waals surface area (Å²) in [4.78, 5) is 11.5. The highest BCUT2D eigenvalue weighted by molar-refractivity contribution is 5.72. The molecule has 3 N–H and O–H groups in total. The zero-order valence-electron chi connectivity index (χ0n) is 9.30. The summed E-state index contributed by atoms with van der Waals surface area (Å²) in [6.07, 6.45) is -0.695. The average molecular weight is 223 g/mol. The van der Waals surface area contributed by atoms with Gasteiger partial charge in [0.2, 0.25) is 0 Å². The molecular weight excluding hydrogens is 206 g/mol. The Bertz CT molecular complexity index is 324. The minimum absolute atomic E-state index is 0.211. The molecule has 0 spiro atoms. The van der Waals surface area contributed by atoms with Crippen LogP contribution >= 0.6 is 0 Å². The number of benzene rings is 1. The highest BCUT2D eigenvalue weighted by Gasteiger charge is 2.23. The molecule has 1 rings (SSSR count). The third kappa shape index (κ3) is 3.64. The smallest absolute Gasteiger partial charge is 0.313 e. The quantitative estimate of drug-likeness (QED) is 0.577. The van der Waals surface area contributed by atoms with Gasteiger partial charge in [-0.1, -0.05) is 37.3 Å². The van der Waals surface area contributed by atoms with Gasteiger partial charge in [-0.3, -0.25) is 4.79 Å². The van der Waals surface area contributed by atoms with E-state index < -0.39 is 18.1 Å². The van der Waals surface area contributed by atoms with E-state index in [1.54, 1.807) is 6.92 Å². The zero-order chi connectivity index (χ0) is 12.0. The number of esters is 1. The van der Waals surface area contributed by atoms with Gasteiger partial charge in [0.25, 0.3) is 0 Å². The Morgan fingerprint density at radius 1 is 1.44 bits per heavy atom. The number of ether oxygens (including phenoxy) is 1. The van der Waals surface area contributed by atoms with Gasteiger partial charge in [-0.25, -0.2) is 0 Å². The molecule has 0 aliphatic rings. The second kappa shape index (κ2) is 6.25. The predicted octanol–water partition coefficient (Wildman–Crippen LogP) is 1.03. The van der Waals surface area contributed by atoms with Gasteiger partial charge < -0.3 is 15.6 Å². The van der Waals surface area contributed by atoms with Crippen LogP contribution in [0.25, 0.3) is 0 Å². The van der Waals surface area contributed by atoms with Gasteiger partial charge in [0, 0.05) is 0 Å². The fourth-order valence-corrected chi connectivity index (χ4v) is 1.38. The van der Waals surface area contributed by atoms with Crippen LogP contribution in [0, 0.1) is 5.92 Å². The fourth-order valence-electron chi connectivity index (χ4n) is 1.38. The Kier molecular flexibility index (Phi) is 4.95. The average Bonchev–Trinajstić information content (AvgIpc) is 2.28. The van der Waals surface area contributed by atoms with Crippen molar-refractivity contribution in [1.82, 2.24) is 0 Å². The van der Waals surface area contributed by atoms with Crippen molar-refractivity contribution >= 4 is 5.97 Å². The van der Waals surface area contributed by atoms with Crippen LogP contribution in [-0.4, -0.2) is 17.3 Å². The van der Waals surface area contributed by atoms with Crippen LogP contribution in [0.2, 0.25) is 0 Å². The summed E-state index contributed by atoms with van der Waals surface area (Å²) in [7, 11) is 0. The molecule has 1 aromatic rings. The van der Waals surface area contributed by atoms with Crippen LogP contribution in [-0.2, 0) is 16.1 Å². The molecule has 1 unspecified atom stereocenters. The second-order valence-electron chi connectivity index (χ2n) is 3.60. The Balaban J connectivity index is 2.46. The number of aliphatic hydroxyl groups excluding tert-OH is 1. The van der Waals surface area contributed by atoms with Crippen LogP contribution in [0.5, 0.6) is 0 Å². The zero-order valence-corrected chi connectivity index (χ0v) is 9.30. The molecule has 0 bridgehead atoms. The molecule has 2 atom stereocenters. The summed E-state index contributed by atoms with van der Waals surface area (Å²) in [5.41, 5.74) is 6.19. The SMILES string of the molecule is CCC(C(=O)OCc1ccccc1)[C@@H](N)O.